The lowest BCUT2D eigenvalue weighted by Crippen LogP contribution is -2.31. The fourth-order valence-corrected chi connectivity index (χ4v) is 2.45. The monoisotopic (exact) mass is 302 g/mol. The molecule has 0 fully saturated rings. The van der Waals surface area contributed by atoms with E-state index >= 15 is 0 Å². The van der Waals surface area contributed by atoms with E-state index in [1.807, 2.05) is 13.1 Å². The van der Waals surface area contributed by atoms with Gasteiger partial charge in [0.2, 0.25) is 0 Å². The van der Waals surface area contributed by atoms with Gasteiger partial charge >= 0.3 is 0 Å². The second-order valence-electron chi connectivity index (χ2n) is 5.00. The highest BCUT2D eigenvalue weighted by molar-refractivity contribution is 7.80. The van der Waals surface area contributed by atoms with E-state index in [1.54, 1.807) is 0 Å². The van der Waals surface area contributed by atoms with Crippen molar-refractivity contribution < 1.29 is 0 Å². The molecule has 0 aliphatic carbocycles. The van der Waals surface area contributed by atoms with Crippen molar-refractivity contribution in [1.82, 2.24) is 15.3 Å². The quantitative estimate of drug-likeness (QED) is 0.505. The largest absolute Gasteiger partial charge is 0.362 e. The van der Waals surface area contributed by atoms with Gasteiger partial charge in [0, 0.05) is 35.2 Å². The number of hydrogen-bond acceptors (Lipinski definition) is 2. The summed E-state index contributed by atoms with van der Waals surface area (Å²) in [6.07, 6.45) is 5.07. The smallest absolute Gasteiger partial charge is 0.186 e. The molecule has 5 heteroatoms. The van der Waals surface area contributed by atoms with Crippen LogP contribution in [0, 0.1) is 0 Å². The summed E-state index contributed by atoms with van der Waals surface area (Å²) in [7, 11) is 0. The van der Waals surface area contributed by atoms with Gasteiger partial charge in [-0.3, -0.25) is 5.43 Å². The zero-order chi connectivity index (χ0) is 15.2. The molecule has 21 heavy (non-hydrogen) atoms. The Kier molecular flexibility index (Phi) is 5.33. The van der Waals surface area contributed by atoms with Crippen LogP contribution in [0.2, 0.25) is 0 Å². The first kappa shape index (κ1) is 15.5. The van der Waals surface area contributed by atoms with Crippen molar-refractivity contribution in [3.8, 4) is 0 Å². The number of para-hydroxylation sites is 1. The first-order valence-electron chi connectivity index (χ1n) is 7.33. The summed E-state index contributed by atoms with van der Waals surface area (Å²) in [4.78, 5) is 0. The van der Waals surface area contributed by atoms with Gasteiger partial charge in [-0.15, -0.1) is 0 Å². The molecule has 1 aromatic carbocycles. The van der Waals surface area contributed by atoms with Crippen LogP contribution < -0.4 is 10.7 Å². The zero-order valence-corrected chi connectivity index (χ0v) is 13.6. The highest BCUT2D eigenvalue weighted by Crippen LogP contribution is 2.24. The Labute approximate surface area is 131 Å². The van der Waals surface area contributed by atoms with Crippen LogP contribution in [0.25, 0.3) is 10.9 Å². The average molecular weight is 302 g/mol. The summed E-state index contributed by atoms with van der Waals surface area (Å²) < 4.78 is 2.30. The van der Waals surface area contributed by atoms with Crippen molar-refractivity contribution in [3.05, 3.63) is 36.0 Å². The van der Waals surface area contributed by atoms with Gasteiger partial charge in [0.05, 0.1) is 6.21 Å². The lowest BCUT2D eigenvalue weighted by Gasteiger charge is -2.12. The standard InChI is InChI=1S/C16H22N4S/c1-4-12(3)20-11-13(10-18-19-16(21)17-5-2)14-8-6-7-9-15(14)20/h6-12H,4-5H2,1-3H3,(H2,17,19,21)/b18-10-/t12-/m1/s1. The predicted molar refractivity (Wildman–Crippen MR) is 93.9 cm³/mol. The van der Waals surface area contributed by atoms with Crippen LogP contribution in [-0.4, -0.2) is 22.4 Å². The van der Waals surface area contributed by atoms with Crippen LogP contribution in [0.15, 0.2) is 35.6 Å². The van der Waals surface area contributed by atoms with E-state index < -0.39 is 0 Å². The molecule has 4 nitrogen and oxygen atoms in total. The minimum Gasteiger partial charge on any atom is -0.362 e. The van der Waals surface area contributed by atoms with Crippen LogP contribution >= 0.6 is 12.2 Å². The van der Waals surface area contributed by atoms with Crippen LogP contribution in [0.1, 0.15) is 38.8 Å². The third-order valence-corrected chi connectivity index (χ3v) is 3.78. The van der Waals surface area contributed by atoms with Crippen molar-refractivity contribution in [2.24, 2.45) is 5.10 Å². The van der Waals surface area contributed by atoms with Gasteiger partial charge in [0.25, 0.3) is 0 Å². The van der Waals surface area contributed by atoms with E-state index in [9.17, 15) is 0 Å². The molecule has 2 N–H and O–H groups in total. The molecular formula is C16H22N4S. The highest BCUT2D eigenvalue weighted by atomic mass is 32.1. The number of nitrogens with zero attached hydrogens (tertiary/aromatic N) is 2. The van der Waals surface area contributed by atoms with Crippen molar-refractivity contribution >= 4 is 34.4 Å². The summed E-state index contributed by atoms with van der Waals surface area (Å²) in [5.74, 6) is 0. The number of hydrogen-bond donors (Lipinski definition) is 2. The molecule has 0 saturated heterocycles. The third kappa shape index (κ3) is 3.61. The Hall–Kier alpha value is -1.88. The number of rotatable bonds is 5. The molecule has 0 amide bonds. The van der Waals surface area contributed by atoms with E-state index in [0.717, 1.165) is 18.5 Å². The highest BCUT2D eigenvalue weighted by Gasteiger charge is 2.10. The van der Waals surface area contributed by atoms with E-state index in [2.05, 4.69) is 64.7 Å². The number of benzene rings is 1. The van der Waals surface area contributed by atoms with Gasteiger partial charge in [0.15, 0.2) is 5.11 Å². The Morgan fingerprint density at radius 2 is 2.14 bits per heavy atom. The summed E-state index contributed by atoms with van der Waals surface area (Å²) in [6.45, 7) is 7.21. The molecule has 0 saturated carbocycles. The second-order valence-corrected chi connectivity index (χ2v) is 5.40. The normalized spacial score (nSPS) is 12.7. The van der Waals surface area contributed by atoms with Crippen molar-refractivity contribution in [2.45, 2.75) is 33.2 Å². The van der Waals surface area contributed by atoms with E-state index in [1.165, 1.54) is 10.9 Å². The molecule has 0 bridgehead atoms. The lowest BCUT2D eigenvalue weighted by atomic mass is 10.2. The maximum absolute atomic E-state index is 5.09. The van der Waals surface area contributed by atoms with Gasteiger partial charge in [-0.1, -0.05) is 25.1 Å². The number of fused-ring (bicyclic) bond motifs is 1. The molecule has 112 valence electrons. The van der Waals surface area contributed by atoms with Gasteiger partial charge < -0.3 is 9.88 Å². The molecule has 1 atom stereocenters. The number of hydrazone groups is 1. The SMILES string of the molecule is CCNC(=S)N/N=C\c1cn([C@H](C)CC)c2ccccc12. The average Bonchev–Trinajstić information content (AvgIpc) is 2.86. The van der Waals surface area contributed by atoms with Crippen LogP contribution in [0.4, 0.5) is 0 Å². The molecule has 2 aromatic rings. The molecular weight excluding hydrogens is 280 g/mol. The molecule has 0 aliphatic heterocycles. The van der Waals surface area contributed by atoms with Crippen molar-refractivity contribution in [2.75, 3.05) is 6.54 Å². The summed E-state index contributed by atoms with van der Waals surface area (Å²) in [5, 5.41) is 8.97. The fraction of sp³-hybridized carbons (Fsp3) is 0.375. The van der Waals surface area contributed by atoms with Gasteiger partial charge in [-0.25, -0.2) is 0 Å². The van der Waals surface area contributed by atoms with E-state index in [4.69, 9.17) is 12.2 Å². The minimum atomic E-state index is 0.466. The lowest BCUT2D eigenvalue weighted by molar-refractivity contribution is 0.548. The third-order valence-electron chi connectivity index (χ3n) is 3.54. The van der Waals surface area contributed by atoms with E-state index in [-0.39, 0.29) is 0 Å². The van der Waals surface area contributed by atoms with Crippen molar-refractivity contribution in [3.63, 3.8) is 0 Å². The summed E-state index contributed by atoms with van der Waals surface area (Å²) in [6, 6.07) is 8.86. The summed E-state index contributed by atoms with van der Waals surface area (Å²) in [5.41, 5.74) is 5.16. The maximum Gasteiger partial charge on any atom is 0.186 e. The van der Waals surface area contributed by atoms with Crippen molar-refractivity contribution in [1.29, 1.82) is 0 Å². The van der Waals surface area contributed by atoms with E-state index in [0.29, 0.717) is 11.2 Å². The number of nitrogens with one attached hydrogen (secondary N) is 2. The molecule has 1 heterocycles. The minimum absolute atomic E-state index is 0.466. The topological polar surface area (TPSA) is 41.4 Å². The maximum atomic E-state index is 5.09. The Morgan fingerprint density at radius 1 is 1.38 bits per heavy atom. The summed E-state index contributed by atoms with van der Waals surface area (Å²) >= 11 is 5.09. The Morgan fingerprint density at radius 3 is 2.86 bits per heavy atom. The molecule has 0 spiro atoms. The fourth-order valence-electron chi connectivity index (χ4n) is 2.26. The van der Waals surface area contributed by atoms with Crippen LogP contribution in [0.3, 0.4) is 0 Å². The molecule has 1 aromatic heterocycles. The van der Waals surface area contributed by atoms with Gasteiger partial charge in [-0.2, -0.15) is 5.10 Å². The van der Waals surface area contributed by atoms with Gasteiger partial charge in [0.1, 0.15) is 0 Å². The second kappa shape index (κ2) is 7.22. The Bertz CT molecular complexity index is 645. The number of aromatic nitrogens is 1. The molecule has 0 unspecified atom stereocenters. The predicted octanol–water partition coefficient (Wildman–Crippen LogP) is 3.43. The first-order chi connectivity index (χ1) is 10.2. The van der Waals surface area contributed by atoms with Crippen LogP contribution in [-0.2, 0) is 0 Å². The van der Waals surface area contributed by atoms with Gasteiger partial charge in [-0.05, 0) is 38.6 Å². The molecule has 0 aliphatic rings. The molecule has 0 radical (unpaired) electrons. The van der Waals surface area contributed by atoms with Crippen LogP contribution in [0.5, 0.6) is 0 Å². The molecule has 2 rings (SSSR count). The number of thiocarbonyl (C=S) groups is 1. The Balaban J connectivity index is 2.28. The zero-order valence-electron chi connectivity index (χ0n) is 12.8. The first-order valence-corrected chi connectivity index (χ1v) is 7.74.